The van der Waals surface area contributed by atoms with Crippen LogP contribution in [0.5, 0.6) is 0 Å². The first kappa shape index (κ1) is 44.1. The van der Waals surface area contributed by atoms with Crippen molar-refractivity contribution in [1.29, 1.82) is 0 Å². The molecule has 0 aliphatic rings. The zero-order chi connectivity index (χ0) is 27.2. The van der Waals surface area contributed by atoms with Crippen molar-refractivity contribution in [2.45, 2.75) is 144 Å². The van der Waals surface area contributed by atoms with Gasteiger partial charge in [0, 0.05) is 24.4 Å². The molecule has 0 aliphatic heterocycles. The molecule has 4 N–H and O–H groups in total. The van der Waals surface area contributed by atoms with E-state index in [1.54, 1.807) is 13.8 Å². The molecule has 0 aliphatic carbocycles. The first-order chi connectivity index (χ1) is 13.7. The Morgan fingerprint density at radius 1 is 0.576 bits per heavy atom. The summed E-state index contributed by atoms with van der Waals surface area (Å²) in [6.45, 7) is 32.9. The molecule has 0 aromatic rings. The summed E-state index contributed by atoms with van der Waals surface area (Å²) in [5.74, 6) is 0. The second-order valence-electron chi connectivity index (χ2n) is 12.7. The summed E-state index contributed by atoms with van der Waals surface area (Å²) in [6, 6.07) is 1.77. The Morgan fingerprint density at radius 2 is 0.727 bits per heavy atom. The van der Waals surface area contributed by atoms with Crippen LogP contribution >= 0.6 is 0 Å². The Bertz CT molecular complexity index is 373. The number of nitrogens with one attached hydrogen (secondary N) is 2. The molecule has 0 fully saturated rings. The first-order valence-electron chi connectivity index (χ1n) is 11.8. The van der Waals surface area contributed by atoms with Crippen LogP contribution in [0, 0.1) is 0 Å². The number of aliphatic hydroxyl groups excluding tert-OH is 2. The Labute approximate surface area is 229 Å². The summed E-state index contributed by atoms with van der Waals surface area (Å²) in [5.41, 5.74) is 14.8. The molecule has 0 rings (SSSR count). The van der Waals surface area contributed by atoms with Crippen LogP contribution in [0.15, 0.2) is 0 Å². The molecule has 0 spiro atoms. The van der Waals surface area contributed by atoms with Gasteiger partial charge in [0.15, 0.2) is 16.6 Å². The van der Waals surface area contributed by atoms with Crippen molar-refractivity contribution in [3.05, 3.63) is 11.5 Å². The second-order valence-corrected chi connectivity index (χ2v) is 20.9. The molecule has 0 heterocycles. The van der Waals surface area contributed by atoms with E-state index in [-0.39, 0.29) is 61.7 Å². The van der Waals surface area contributed by atoms with Crippen LogP contribution in [-0.2, 0) is 35.1 Å². The molecule has 0 aromatic heterocycles. The molecule has 0 atom stereocenters. The average Bonchev–Trinajstić information content (AvgIpc) is 2.27. The number of rotatable bonds is 6. The molecule has 0 unspecified atom stereocenters. The maximum atomic E-state index is 7.85. The average molecular weight is 588 g/mol. The van der Waals surface area contributed by atoms with Crippen LogP contribution in [-0.4, -0.2) is 62.3 Å². The molecule has 9 heteroatoms. The summed E-state index contributed by atoms with van der Waals surface area (Å²) < 4.78 is 12.0. The largest absolute Gasteiger partial charge is 2.00 e. The summed E-state index contributed by atoms with van der Waals surface area (Å²) in [6.07, 6.45) is 0. The van der Waals surface area contributed by atoms with Crippen LogP contribution in [0.4, 0.5) is 0 Å². The third kappa shape index (κ3) is 50.8. The number of hydrogen-bond donors (Lipinski definition) is 2. The van der Waals surface area contributed by atoms with E-state index in [9.17, 15) is 0 Å². The van der Waals surface area contributed by atoms with Gasteiger partial charge in [0.05, 0.1) is 0 Å². The van der Waals surface area contributed by atoms with Crippen molar-refractivity contribution >= 4 is 16.6 Å². The zero-order valence-corrected chi connectivity index (χ0v) is 29.5. The van der Waals surface area contributed by atoms with E-state index in [1.807, 2.05) is 27.7 Å². The standard InChI is InChI=1S/2C10H24NOSi.2C2H6O.Zr/c2*1-9(2,3)12-13(6,7)8-10(4,5)11;2*1-2-3;/h2*11H,8H2,1-7H3;2*3H,2H2,1H3;/q2*-1;;;+2. The zero-order valence-electron chi connectivity index (χ0n) is 25.0. The second kappa shape index (κ2) is 18.3. The molecular weight excluding hydrogens is 528 g/mol. The Balaban J connectivity index is -0.000000124. The van der Waals surface area contributed by atoms with E-state index in [0.29, 0.717) is 0 Å². The van der Waals surface area contributed by atoms with Crippen LogP contribution < -0.4 is 0 Å². The van der Waals surface area contributed by atoms with Crippen LogP contribution in [0.3, 0.4) is 0 Å². The van der Waals surface area contributed by atoms with Crippen molar-refractivity contribution in [3.63, 3.8) is 0 Å². The summed E-state index contributed by atoms with van der Waals surface area (Å²) in [5, 5.41) is 15.1. The molecule has 0 radical (unpaired) electrons. The topological polar surface area (TPSA) is 107 Å². The third-order valence-electron chi connectivity index (χ3n) is 2.90. The van der Waals surface area contributed by atoms with Crippen molar-refractivity contribution < 1.29 is 45.3 Å². The van der Waals surface area contributed by atoms with Gasteiger partial charge in [-0.15, -0.1) is 11.1 Å². The van der Waals surface area contributed by atoms with Crippen molar-refractivity contribution in [2.75, 3.05) is 13.2 Å². The van der Waals surface area contributed by atoms with Gasteiger partial charge in [-0.1, -0.05) is 27.7 Å². The fraction of sp³-hybridized carbons (Fsp3) is 1.00. The molecule has 0 saturated carbocycles. The SMILES string of the molecule is CC(C)([NH-])C[Si](C)(C)OC(C)(C)C.CC(C)([NH-])C[Si](C)(C)OC(C)(C)C.CCO.CCO.[Zr+2]. The normalized spacial score (nSPS) is 12.7. The van der Waals surface area contributed by atoms with Gasteiger partial charge >= 0.3 is 26.2 Å². The third-order valence-corrected chi connectivity index (χ3v) is 8.70. The van der Waals surface area contributed by atoms with Gasteiger partial charge in [-0.3, -0.25) is 0 Å². The van der Waals surface area contributed by atoms with Crippen LogP contribution in [0.2, 0.25) is 38.3 Å². The minimum absolute atomic E-state index is 0. The number of aliphatic hydroxyl groups is 2. The quantitative estimate of drug-likeness (QED) is 0.311. The van der Waals surface area contributed by atoms with Gasteiger partial charge in [-0.05, 0) is 93.7 Å². The minimum Gasteiger partial charge on any atom is -0.672 e. The van der Waals surface area contributed by atoms with Gasteiger partial charge in [0.2, 0.25) is 0 Å². The van der Waals surface area contributed by atoms with Crippen LogP contribution in [0.25, 0.3) is 11.5 Å². The Morgan fingerprint density at radius 3 is 0.818 bits per heavy atom. The van der Waals surface area contributed by atoms with E-state index in [2.05, 4.69) is 67.7 Å². The fourth-order valence-electron chi connectivity index (χ4n) is 3.86. The van der Waals surface area contributed by atoms with Gasteiger partial charge in [0.25, 0.3) is 0 Å². The molecule has 0 bridgehead atoms. The Hall–Kier alpha value is 1.08. The summed E-state index contributed by atoms with van der Waals surface area (Å²) in [7, 11) is -3.32. The van der Waals surface area contributed by atoms with E-state index < -0.39 is 16.6 Å². The van der Waals surface area contributed by atoms with E-state index >= 15 is 0 Å². The van der Waals surface area contributed by atoms with Gasteiger partial charge in [-0.2, -0.15) is 0 Å². The summed E-state index contributed by atoms with van der Waals surface area (Å²) in [4.78, 5) is 0. The maximum Gasteiger partial charge on any atom is 2.00 e. The predicted molar refractivity (Wildman–Crippen MR) is 149 cm³/mol. The molecule has 0 amide bonds. The predicted octanol–water partition coefficient (Wildman–Crippen LogP) is 7.67. The first-order valence-corrected chi connectivity index (χ1v) is 18.0. The van der Waals surface area contributed by atoms with Crippen molar-refractivity contribution in [3.8, 4) is 0 Å². The summed E-state index contributed by atoms with van der Waals surface area (Å²) >= 11 is 0. The smallest absolute Gasteiger partial charge is 0.672 e. The molecular formula is C24H60N2O4Si2Zr. The van der Waals surface area contributed by atoms with E-state index in [1.165, 1.54) is 0 Å². The van der Waals surface area contributed by atoms with Gasteiger partial charge < -0.3 is 30.5 Å². The fourth-order valence-corrected chi connectivity index (χ4v) is 11.6. The monoisotopic (exact) mass is 586 g/mol. The molecule has 202 valence electrons. The van der Waals surface area contributed by atoms with Gasteiger partial charge in [-0.25, -0.2) is 0 Å². The van der Waals surface area contributed by atoms with Crippen molar-refractivity contribution in [2.24, 2.45) is 0 Å². The molecule has 6 nitrogen and oxygen atoms in total. The van der Waals surface area contributed by atoms with Gasteiger partial charge in [0.1, 0.15) is 0 Å². The molecule has 33 heavy (non-hydrogen) atoms. The van der Waals surface area contributed by atoms with Crippen LogP contribution in [0.1, 0.15) is 83.1 Å². The maximum absolute atomic E-state index is 7.85. The van der Waals surface area contributed by atoms with E-state index in [4.69, 9.17) is 30.5 Å². The number of hydrogen-bond acceptors (Lipinski definition) is 4. The molecule has 0 aromatic carbocycles. The van der Waals surface area contributed by atoms with E-state index in [0.717, 1.165) is 12.1 Å². The molecule has 0 saturated heterocycles. The minimum atomic E-state index is -1.66. The Kier molecular flexibility index (Phi) is 24.5. The van der Waals surface area contributed by atoms with Crippen molar-refractivity contribution in [1.82, 2.24) is 0 Å².